The number of methoxy groups -OCH3 is 8. The number of ketones is 5. The van der Waals surface area contributed by atoms with Crippen molar-refractivity contribution < 1.29 is 91.4 Å². The third-order valence-corrected chi connectivity index (χ3v) is 21.1. The molecule has 0 atom stereocenters. The maximum absolute atomic E-state index is 12.8. The van der Waals surface area contributed by atoms with Gasteiger partial charge in [-0.25, -0.2) is 24.9 Å². The van der Waals surface area contributed by atoms with E-state index in [0.29, 0.717) is 154 Å². The Bertz CT molecular complexity index is 7560. The lowest BCUT2D eigenvalue weighted by molar-refractivity contribution is -0.385. The number of anilines is 11. The van der Waals surface area contributed by atoms with Gasteiger partial charge in [0.2, 0.25) is 5.75 Å². The summed E-state index contributed by atoms with van der Waals surface area (Å²) < 4.78 is 41.4. The van der Waals surface area contributed by atoms with Crippen molar-refractivity contribution in [2.24, 2.45) is 0 Å². The predicted octanol–water partition coefficient (Wildman–Crippen LogP) is 22.7. The lowest BCUT2D eigenvalue weighted by Crippen LogP contribution is -2.01. The van der Waals surface area contributed by atoms with Crippen LogP contribution in [0.25, 0.3) is 30.4 Å². The van der Waals surface area contributed by atoms with E-state index in [2.05, 4.69) is 51.5 Å². The van der Waals surface area contributed by atoms with Crippen LogP contribution >= 0.6 is 0 Å². The Balaban J connectivity index is 0.000000178. The standard InChI is InChI=1S/C23H21N3O6.C22H19N3O5.C21H16N4O6.C21H18N4O4.C21H17N3O4/c1-30-20-13-16(14-21(31-2)22(20)32-3)19(27)11-6-15-5-4-12-24-23(15)25-17-7-9-18(10-8-17)26(28)29;1-29-20-12-6-16(14-21(20)30-2)19(26)11-5-15-4-3-13-23-22(15)24-17-7-9-18(10-8-17)25(27)28;1-31-20-11-5-15(13-18(20)25(29)30)19(26)10-4-14-3-2-12-22-21(14)23-16-6-8-17(9-7-16)24(27)28;1-29-20-11-5-15(13-18(20)22)19(26)10-4-14-3-2-12-23-21(14)24-16-6-8-17(9-7-16)25(27)28;1-28-19-11-4-15(5-12-19)20(25)13-6-16-3-2-14-22-21(16)23-17-7-9-18(10-8-17)24(26)27/h4-14H,1-3H3,(H,24,25);3-14H,1-2H3,(H,23,24);2-13H,1H3,(H,22,23);2-13H,22H2,1H3,(H,23,24);2-14H,1H3,(H,22,23)/b11-6+;11-5+;2*10-4+;13-6+. The first-order valence-electron chi connectivity index (χ1n) is 44.3. The van der Waals surface area contributed by atoms with E-state index in [9.17, 15) is 84.7 Å². The van der Waals surface area contributed by atoms with Gasteiger partial charge < -0.3 is 70.2 Å². The van der Waals surface area contributed by atoms with E-state index in [4.69, 9.17) is 43.6 Å². The van der Waals surface area contributed by atoms with Crippen LogP contribution in [0, 0.1) is 60.7 Å². The molecule has 0 spiro atoms. The van der Waals surface area contributed by atoms with Gasteiger partial charge in [-0.05, 0) is 267 Å². The van der Waals surface area contributed by atoms with Crippen LogP contribution in [-0.4, -0.2) is 140 Å². The fourth-order valence-corrected chi connectivity index (χ4v) is 13.4. The molecule has 0 saturated carbocycles. The molecule has 0 bridgehead atoms. The molecule has 7 N–H and O–H groups in total. The number of aromatic nitrogens is 5. The summed E-state index contributed by atoms with van der Waals surface area (Å²) in [5.74, 6) is 4.64. The van der Waals surface area contributed by atoms with E-state index < -0.39 is 35.3 Å². The number of nitrogen functional groups attached to an aromatic ring is 1. The summed E-state index contributed by atoms with van der Waals surface area (Å²) in [5, 5.41) is 80.5. The van der Waals surface area contributed by atoms with Crippen LogP contribution in [-0.2, 0) is 0 Å². The van der Waals surface area contributed by atoms with Crippen molar-refractivity contribution in [3.05, 3.63) is 451 Å². The number of benzene rings is 10. The largest absolute Gasteiger partial charge is 0.497 e. The second-order valence-corrected chi connectivity index (χ2v) is 30.7. The third kappa shape index (κ3) is 31.1. The lowest BCUT2D eigenvalue weighted by atomic mass is 10.1. The van der Waals surface area contributed by atoms with Crippen LogP contribution in [0.15, 0.2) is 334 Å². The Morgan fingerprint density at radius 2 is 0.500 bits per heavy atom. The van der Waals surface area contributed by atoms with E-state index in [-0.39, 0.29) is 68.6 Å². The summed E-state index contributed by atoms with van der Waals surface area (Å²) in [4.78, 5) is 146. The van der Waals surface area contributed by atoms with Crippen molar-refractivity contribution in [1.29, 1.82) is 0 Å². The molecule has 0 radical (unpaired) electrons. The van der Waals surface area contributed by atoms with Gasteiger partial charge in [-0.3, -0.25) is 84.7 Å². The highest BCUT2D eigenvalue weighted by molar-refractivity contribution is 6.11. The number of nitro benzene ring substituents is 6. The predicted molar refractivity (Wildman–Crippen MR) is 566 cm³/mol. The number of nitrogens with zero attached hydrogens (tertiary/aromatic N) is 11. The topological polar surface area (TPSA) is 569 Å². The Hall–Kier alpha value is -21.4. The van der Waals surface area contributed by atoms with E-state index in [0.717, 1.165) is 6.07 Å². The number of carbonyl (C=O) groups excluding carboxylic acids is 5. The molecule has 0 saturated heterocycles. The van der Waals surface area contributed by atoms with E-state index in [1.807, 2.05) is 6.07 Å². The van der Waals surface area contributed by atoms with Crippen LogP contribution < -0.4 is 70.2 Å². The first kappa shape index (κ1) is 109. The molecule has 10 aromatic carbocycles. The van der Waals surface area contributed by atoms with Crippen molar-refractivity contribution in [3.63, 3.8) is 0 Å². The summed E-state index contributed by atoms with van der Waals surface area (Å²) in [7, 11) is 11.9. The van der Waals surface area contributed by atoms with Crippen molar-refractivity contribution in [3.8, 4) is 46.0 Å². The summed E-state index contributed by atoms with van der Waals surface area (Å²) in [6.45, 7) is 0. The number of pyridine rings is 5. The van der Waals surface area contributed by atoms with Crippen LogP contribution in [0.4, 0.5) is 97.3 Å². The zero-order valence-corrected chi connectivity index (χ0v) is 80.8. The minimum Gasteiger partial charge on any atom is -0.497 e. The van der Waals surface area contributed by atoms with Gasteiger partial charge in [-0.15, -0.1) is 0 Å². The molecule has 15 rings (SSSR count). The van der Waals surface area contributed by atoms with Gasteiger partial charge in [0.25, 0.3) is 28.4 Å². The Morgan fingerprint density at radius 1 is 0.253 bits per heavy atom. The zero-order chi connectivity index (χ0) is 108. The quantitative estimate of drug-likeness (QED) is 0.00685. The molecule has 0 amide bonds. The van der Waals surface area contributed by atoms with Gasteiger partial charge in [0.05, 0.1) is 92.1 Å². The first-order chi connectivity index (χ1) is 72.4. The van der Waals surface area contributed by atoms with Crippen molar-refractivity contribution in [1.82, 2.24) is 24.9 Å². The minimum atomic E-state index is -0.618. The summed E-state index contributed by atoms with van der Waals surface area (Å²) in [6.07, 6.45) is 23.2. The number of hydrogen-bond donors (Lipinski definition) is 6. The van der Waals surface area contributed by atoms with Crippen molar-refractivity contribution in [2.45, 2.75) is 0 Å². The number of carbonyl (C=O) groups is 5. The molecule has 5 aromatic heterocycles. The Kier molecular flexibility index (Phi) is 39.2. The maximum Gasteiger partial charge on any atom is 0.311 e. The normalized spacial score (nSPS) is 10.6. The first-order valence-corrected chi connectivity index (χ1v) is 44.3. The summed E-state index contributed by atoms with van der Waals surface area (Å²) in [6, 6.07) is 71.2. The highest BCUT2D eigenvalue weighted by Gasteiger charge is 2.22. The molecule has 15 aromatic rings. The molecule has 0 aliphatic carbocycles. The molecule has 5 heterocycles. The molecular formula is C108H91N17O25. The number of nitrogens with two attached hydrogens (primary N) is 1. The van der Waals surface area contributed by atoms with E-state index >= 15 is 0 Å². The second kappa shape index (κ2) is 54.0. The van der Waals surface area contributed by atoms with E-state index in [1.165, 1.54) is 159 Å². The molecule has 0 unspecified atom stereocenters. The molecule has 0 fully saturated rings. The van der Waals surface area contributed by atoms with Crippen molar-refractivity contribution in [2.75, 3.05) is 89.2 Å². The van der Waals surface area contributed by atoms with Gasteiger partial charge in [0, 0.05) is 182 Å². The average Bonchev–Trinajstić information content (AvgIpc) is 0.808. The number of nitrogens with one attached hydrogen (secondary N) is 5. The number of nitro groups is 6. The van der Waals surface area contributed by atoms with Crippen LogP contribution in [0.3, 0.4) is 0 Å². The molecule has 0 aliphatic rings. The Morgan fingerprint density at radius 3 is 0.760 bits per heavy atom. The number of hydrogen-bond acceptors (Lipinski definition) is 36. The fourth-order valence-electron chi connectivity index (χ4n) is 13.4. The van der Waals surface area contributed by atoms with Gasteiger partial charge >= 0.3 is 5.69 Å². The fraction of sp³-hybridized carbons (Fsp3) is 0.0741. The van der Waals surface area contributed by atoms with Crippen LogP contribution in [0.2, 0.25) is 0 Å². The molecular weight excluding hydrogens is 1940 g/mol. The molecule has 150 heavy (non-hydrogen) atoms. The van der Waals surface area contributed by atoms with Gasteiger partial charge in [0.1, 0.15) is 40.6 Å². The second-order valence-electron chi connectivity index (χ2n) is 30.7. The smallest absolute Gasteiger partial charge is 0.311 e. The highest BCUT2D eigenvalue weighted by Crippen LogP contribution is 2.40. The van der Waals surface area contributed by atoms with E-state index in [1.54, 1.807) is 250 Å². The summed E-state index contributed by atoms with van der Waals surface area (Å²) in [5.41, 5.74) is 14.3. The Labute approximate surface area is 854 Å². The number of allylic oxidation sites excluding steroid dienone is 5. The average molecular weight is 2030 g/mol. The maximum atomic E-state index is 12.8. The summed E-state index contributed by atoms with van der Waals surface area (Å²) >= 11 is 0. The SMILES string of the molecule is COc1cc(C(=O)/C=C/c2cccnc2Nc2ccc([N+](=O)[O-])cc2)cc(OC)c1OC.COc1ccc(C(=O)/C=C/c2cccnc2Nc2ccc([N+](=O)[O-])cc2)cc1.COc1ccc(C(=O)/C=C/c2cccnc2Nc2ccc([N+](=O)[O-])cc2)cc1N.COc1ccc(C(=O)/C=C/c2cccnc2Nc2ccc([N+](=O)[O-])cc2)cc1OC.COc1ccc(C(=O)/C=C/c2cccnc2Nc2ccc([N+](=O)[O-])cc2)cc1[N+](=O)[O-]. The number of ether oxygens (including phenoxy) is 8. The number of rotatable bonds is 39. The van der Waals surface area contributed by atoms with Crippen LogP contribution in [0.5, 0.6) is 46.0 Å². The third-order valence-electron chi connectivity index (χ3n) is 21.1. The number of non-ortho nitro benzene ring substituents is 5. The highest BCUT2D eigenvalue weighted by atomic mass is 16.7. The molecule has 42 heteroatoms. The zero-order valence-electron chi connectivity index (χ0n) is 80.8. The van der Waals surface area contributed by atoms with Gasteiger partial charge in [-0.2, -0.15) is 0 Å². The van der Waals surface area contributed by atoms with Gasteiger partial charge in [0.15, 0.2) is 57.7 Å². The molecule has 42 nitrogen and oxygen atoms in total. The van der Waals surface area contributed by atoms with Crippen LogP contribution in [0.1, 0.15) is 79.6 Å². The molecule has 0 aliphatic heterocycles. The van der Waals surface area contributed by atoms with Crippen molar-refractivity contribution >= 4 is 157 Å². The lowest BCUT2D eigenvalue weighted by Gasteiger charge is -2.13. The molecule has 758 valence electrons. The monoisotopic (exact) mass is 2030 g/mol. The minimum absolute atomic E-state index is 0.000974. The van der Waals surface area contributed by atoms with Gasteiger partial charge in [-0.1, -0.05) is 0 Å².